The van der Waals surface area contributed by atoms with Gasteiger partial charge in [-0.3, -0.25) is 8.78 Å². The van der Waals surface area contributed by atoms with Crippen molar-refractivity contribution in [2.75, 3.05) is 13.3 Å². The lowest BCUT2D eigenvalue weighted by molar-refractivity contribution is 0.269. The van der Waals surface area contributed by atoms with Crippen molar-refractivity contribution in [3.05, 3.63) is 0 Å². The third kappa shape index (κ3) is 0.740. The van der Waals surface area contributed by atoms with Crippen LogP contribution in [0, 0.1) is 5.41 Å². The lowest BCUT2D eigenvalue weighted by Gasteiger charge is -1.98. The molecule has 0 heterocycles. The molecule has 1 aliphatic rings. The van der Waals surface area contributed by atoms with Crippen molar-refractivity contribution in [2.24, 2.45) is 5.41 Å². The minimum Gasteiger partial charge on any atom is -0.250 e. The van der Waals surface area contributed by atoms with E-state index in [1.165, 1.54) is 0 Å². The summed E-state index contributed by atoms with van der Waals surface area (Å²) in [5, 5.41) is 0. The Morgan fingerprint density at radius 1 is 1.14 bits per heavy atom. The molecule has 7 heavy (non-hydrogen) atoms. The van der Waals surface area contributed by atoms with Gasteiger partial charge in [-0.2, -0.15) is 0 Å². The Kier molecular flexibility index (Phi) is 1.02. The van der Waals surface area contributed by atoms with Crippen LogP contribution in [0.1, 0.15) is 12.8 Å². The first kappa shape index (κ1) is 5.01. The molecule has 0 N–H and O–H groups in total. The Hall–Kier alpha value is -0.140. The van der Waals surface area contributed by atoms with E-state index in [1.54, 1.807) is 0 Å². The van der Waals surface area contributed by atoms with Gasteiger partial charge >= 0.3 is 0 Å². The highest BCUT2D eigenvalue weighted by atomic mass is 19.1. The fourth-order valence-corrected chi connectivity index (χ4v) is 0.480. The smallest absolute Gasteiger partial charge is 0.0975 e. The molecular weight excluding hydrogens is 98.1 g/mol. The highest BCUT2D eigenvalue weighted by Crippen LogP contribution is 2.45. The Balaban J connectivity index is 2.28. The van der Waals surface area contributed by atoms with Crippen LogP contribution in [-0.4, -0.2) is 13.3 Å². The van der Waals surface area contributed by atoms with Crippen LogP contribution in [0.2, 0.25) is 0 Å². The summed E-state index contributed by atoms with van der Waals surface area (Å²) in [6, 6.07) is 0. The minimum atomic E-state index is -0.500. The highest BCUT2D eigenvalue weighted by molar-refractivity contribution is 4.91. The first-order chi connectivity index (χ1) is 3.33. The molecule has 0 bridgehead atoms. The summed E-state index contributed by atoms with van der Waals surface area (Å²) in [6.45, 7) is -0.938. The van der Waals surface area contributed by atoms with Crippen LogP contribution in [-0.2, 0) is 0 Å². The van der Waals surface area contributed by atoms with Crippen LogP contribution < -0.4 is 0 Å². The Labute approximate surface area is 41.5 Å². The molecule has 0 atom stereocenters. The van der Waals surface area contributed by atoms with Crippen molar-refractivity contribution in [3.8, 4) is 0 Å². The Bertz CT molecular complexity index is 60.5. The second kappa shape index (κ2) is 1.42. The summed E-state index contributed by atoms with van der Waals surface area (Å²) in [5.41, 5.74) is -0.500. The number of hydrogen-bond donors (Lipinski definition) is 0. The van der Waals surface area contributed by atoms with Crippen LogP contribution in [0.25, 0.3) is 0 Å². The van der Waals surface area contributed by atoms with Gasteiger partial charge in [0.25, 0.3) is 0 Å². The van der Waals surface area contributed by atoms with Gasteiger partial charge < -0.3 is 0 Å². The molecule has 0 radical (unpaired) electrons. The maximum Gasteiger partial charge on any atom is 0.0975 e. The Morgan fingerprint density at radius 2 is 1.57 bits per heavy atom. The normalized spacial score (nSPS) is 24.9. The third-order valence-corrected chi connectivity index (χ3v) is 1.52. The van der Waals surface area contributed by atoms with Crippen LogP contribution in [0.5, 0.6) is 0 Å². The van der Waals surface area contributed by atoms with Gasteiger partial charge in [-0.05, 0) is 12.8 Å². The van der Waals surface area contributed by atoms with E-state index in [4.69, 9.17) is 0 Å². The summed E-state index contributed by atoms with van der Waals surface area (Å²) in [6.07, 6.45) is 1.50. The summed E-state index contributed by atoms with van der Waals surface area (Å²) >= 11 is 0. The van der Waals surface area contributed by atoms with E-state index < -0.39 is 18.8 Å². The third-order valence-electron chi connectivity index (χ3n) is 1.52. The van der Waals surface area contributed by atoms with E-state index >= 15 is 0 Å². The molecule has 1 rings (SSSR count). The molecule has 0 spiro atoms. The second-order valence-corrected chi connectivity index (χ2v) is 2.27. The fourth-order valence-electron chi connectivity index (χ4n) is 0.480. The van der Waals surface area contributed by atoms with Crippen molar-refractivity contribution in [1.29, 1.82) is 0 Å². The standard InChI is InChI=1S/C5H8F2/c6-3-5(4-7)1-2-5/h1-4H2. The molecule has 1 saturated carbocycles. The topological polar surface area (TPSA) is 0 Å². The predicted molar refractivity (Wildman–Crippen MR) is 23.6 cm³/mol. The highest BCUT2D eigenvalue weighted by Gasteiger charge is 2.42. The molecule has 0 nitrogen and oxygen atoms in total. The van der Waals surface area contributed by atoms with Gasteiger partial charge in [0, 0.05) is 5.41 Å². The van der Waals surface area contributed by atoms with E-state index in [1.807, 2.05) is 0 Å². The first-order valence-corrected chi connectivity index (χ1v) is 2.45. The van der Waals surface area contributed by atoms with E-state index in [0.29, 0.717) is 0 Å². The van der Waals surface area contributed by atoms with Crippen LogP contribution in [0.3, 0.4) is 0 Å². The van der Waals surface area contributed by atoms with E-state index in [0.717, 1.165) is 12.8 Å². The molecule has 0 aromatic carbocycles. The average molecular weight is 106 g/mol. The van der Waals surface area contributed by atoms with Gasteiger partial charge in [-0.15, -0.1) is 0 Å². The van der Waals surface area contributed by atoms with E-state index in [2.05, 4.69) is 0 Å². The van der Waals surface area contributed by atoms with Crippen LogP contribution >= 0.6 is 0 Å². The zero-order valence-corrected chi connectivity index (χ0v) is 4.08. The molecule has 0 saturated heterocycles. The maximum atomic E-state index is 11.6. The van der Waals surface area contributed by atoms with Gasteiger partial charge in [-0.25, -0.2) is 0 Å². The lowest BCUT2D eigenvalue weighted by atomic mass is 10.2. The zero-order valence-electron chi connectivity index (χ0n) is 4.08. The number of halogens is 2. The summed E-state index contributed by atoms with van der Waals surface area (Å²) in [4.78, 5) is 0. The minimum absolute atomic E-state index is 0.469. The summed E-state index contributed by atoms with van der Waals surface area (Å²) in [5.74, 6) is 0. The lowest BCUT2D eigenvalue weighted by Crippen LogP contribution is -2.03. The molecule has 1 fully saturated rings. The van der Waals surface area contributed by atoms with Crippen LogP contribution in [0.15, 0.2) is 0 Å². The molecule has 0 aromatic heterocycles. The molecule has 42 valence electrons. The van der Waals surface area contributed by atoms with Crippen molar-refractivity contribution in [3.63, 3.8) is 0 Å². The second-order valence-electron chi connectivity index (χ2n) is 2.27. The SMILES string of the molecule is FCC1(CF)CC1. The van der Waals surface area contributed by atoms with Gasteiger partial charge in [0.2, 0.25) is 0 Å². The summed E-state index contributed by atoms with van der Waals surface area (Å²) < 4.78 is 23.2. The first-order valence-electron chi connectivity index (χ1n) is 2.45. The fraction of sp³-hybridized carbons (Fsp3) is 1.00. The van der Waals surface area contributed by atoms with Crippen molar-refractivity contribution in [1.82, 2.24) is 0 Å². The number of alkyl halides is 2. The average Bonchev–Trinajstić information content (AvgIpc) is 2.46. The number of hydrogen-bond acceptors (Lipinski definition) is 0. The van der Waals surface area contributed by atoms with Crippen molar-refractivity contribution in [2.45, 2.75) is 12.8 Å². The zero-order chi connectivity index (χ0) is 5.33. The van der Waals surface area contributed by atoms with Crippen molar-refractivity contribution < 1.29 is 8.78 Å². The van der Waals surface area contributed by atoms with Crippen molar-refractivity contribution >= 4 is 0 Å². The van der Waals surface area contributed by atoms with Gasteiger partial charge in [0.1, 0.15) is 0 Å². The molecule has 2 heteroatoms. The molecule has 0 unspecified atom stereocenters. The quantitative estimate of drug-likeness (QED) is 0.502. The van der Waals surface area contributed by atoms with E-state index in [-0.39, 0.29) is 0 Å². The van der Waals surface area contributed by atoms with Gasteiger partial charge in [0.15, 0.2) is 0 Å². The van der Waals surface area contributed by atoms with Gasteiger partial charge in [-0.1, -0.05) is 0 Å². The molecule has 1 aliphatic carbocycles. The van der Waals surface area contributed by atoms with Gasteiger partial charge in [0.05, 0.1) is 13.3 Å². The maximum absolute atomic E-state index is 11.6. The summed E-state index contributed by atoms with van der Waals surface area (Å²) in [7, 11) is 0. The van der Waals surface area contributed by atoms with Crippen LogP contribution in [0.4, 0.5) is 8.78 Å². The predicted octanol–water partition coefficient (Wildman–Crippen LogP) is 1.71. The Morgan fingerprint density at radius 3 is 1.57 bits per heavy atom. The number of rotatable bonds is 2. The largest absolute Gasteiger partial charge is 0.250 e. The molecule has 0 amide bonds. The molecular formula is C5H8F2. The molecule has 0 aromatic rings. The molecule has 0 aliphatic heterocycles. The monoisotopic (exact) mass is 106 g/mol. The van der Waals surface area contributed by atoms with E-state index in [9.17, 15) is 8.78 Å².